The normalized spacial score (nSPS) is 13.5. The lowest BCUT2D eigenvalue weighted by Gasteiger charge is -2.36. The minimum absolute atomic E-state index is 0.290. The van der Waals surface area contributed by atoms with E-state index in [4.69, 9.17) is 23.2 Å². The van der Waals surface area contributed by atoms with E-state index in [1.165, 1.54) is 6.33 Å². The third kappa shape index (κ3) is 5.02. The minimum Gasteiger partial charge on any atom is -0.385 e. The van der Waals surface area contributed by atoms with Crippen LogP contribution in [0.15, 0.2) is 36.8 Å². The fourth-order valence-electron chi connectivity index (χ4n) is 2.73. The van der Waals surface area contributed by atoms with E-state index < -0.39 is 0 Å². The van der Waals surface area contributed by atoms with Gasteiger partial charge in [0.05, 0.1) is 11.4 Å². The zero-order valence-corrected chi connectivity index (χ0v) is 16.3. The Morgan fingerprint density at radius 3 is 2.67 bits per heavy atom. The van der Waals surface area contributed by atoms with Crippen molar-refractivity contribution in [1.29, 1.82) is 0 Å². The number of nitrogens with one attached hydrogen (secondary N) is 3. The average Bonchev–Trinajstić information content (AvgIpc) is 3.07. The molecule has 1 fully saturated rings. The molecular formula is C18H20Cl2N6O. The Hall–Kier alpha value is -2.51. The number of anilines is 2. The van der Waals surface area contributed by atoms with Crippen molar-refractivity contribution in [3.8, 4) is 0 Å². The van der Waals surface area contributed by atoms with Crippen molar-refractivity contribution in [2.75, 3.05) is 30.3 Å². The molecule has 0 aliphatic carbocycles. The SMILES string of the molecule is CCNc1cc(Cl)cc(Cl)c1.O=CN1CC(Nc2ncnc3[nH]ccc23)C1. The Morgan fingerprint density at radius 1 is 1.26 bits per heavy atom. The molecule has 0 unspecified atom stereocenters. The predicted molar refractivity (Wildman–Crippen MR) is 110 cm³/mol. The Morgan fingerprint density at radius 2 is 2.00 bits per heavy atom. The predicted octanol–water partition coefficient (Wildman–Crippen LogP) is 3.64. The van der Waals surface area contributed by atoms with Crippen LogP contribution in [0.2, 0.25) is 10.0 Å². The molecule has 3 heterocycles. The van der Waals surface area contributed by atoms with Gasteiger partial charge in [0.2, 0.25) is 6.41 Å². The second-order valence-electron chi connectivity index (χ2n) is 6.05. The Kier molecular flexibility index (Phi) is 6.36. The molecule has 1 aromatic carbocycles. The number of hydrogen-bond donors (Lipinski definition) is 3. The van der Waals surface area contributed by atoms with E-state index in [1.807, 2.05) is 31.3 Å². The first kappa shape index (κ1) is 19.3. The fourth-order valence-corrected chi connectivity index (χ4v) is 3.26. The number of carbonyl (C=O) groups excluding carboxylic acids is 1. The van der Waals surface area contributed by atoms with E-state index in [-0.39, 0.29) is 0 Å². The van der Waals surface area contributed by atoms with Gasteiger partial charge in [0.1, 0.15) is 17.8 Å². The standard InChI is InChI=1S/C10H11N5O.C8H9Cl2N/c16-6-15-3-7(4-15)14-10-8-1-2-11-9(8)12-5-13-10;1-2-11-8-4-6(9)3-7(10)5-8/h1-2,5-7H,3-4H2,(H2,11,12,13,14);3-5,11H,2H2,1H3. The zero-order chi connectivity index (χ0) is 19.2. The van der Waals surface area contributed by atoms with E-state index in [0.717, 1.165) is 48.6 Å². The number of rotatable bonds is 5. The number of hydrogen-bond acceptors (Lipinski definition) is 5. The van der Waals surface area contributed by atoms with Crippen molar-refractivity contribution in [2.45, 2.75) is 13.0 Å². The Labute approximate surface area is 167 Å². The van der Waals surface area contributed by atoms with Crippen LogP contribution in [0.3, 0.4) is 0 Å². The lowest BCUT2D eigenvalue weighted by atomic mass is 10.1. The number of benzene rings is 1. The highest BCUT2D eigenvalue weighted by Crippen LogP contribution is 2.22. The summed E-state index contributed by atoms with van der Waals surface area (Å²) in [5, 5.41) is 8.72. The first-order valence-corrected chi connectivity index (χ1v) is 9.28. The maximum Gasteiger partial charge on any atom is 0.209 e. The van der Waals surface area contributed by atoms with Gasteiger partial charge in [0, 0.05) is 41.6 Å². The number of carbonyl (C=O) groups is 1. The van der Waals surface area contributed by atoms with Gasteiger partial charge in [-0.25, -0.2) is 9.97 Å². The van der Waals surface area contributed by atoms with Crippen molar-refractivity contribution in [3.05, 3.63) is 46.8 Å². The van der Waals surface area contributed by atoms with Crippen molar-refractivity contribution in [1.82, 2.24) is 19.9 Å². The van der Waals surface area contributed by atoms with Crippen LogP contribution in [-0.2, 0) is 4.79 Å². The Bertz CT molecular complexity index is 890. The van der Waals surface area contributed by atoms with Gasteiger partial charge in [-0.15, -0.1) is 0 Å². The fraction of sp³-hybridized carbons (Fsp3) is 0.278. The van der Waals surface area contributed by atoms with Crippen LogP contribution in [0, 0.1) is 0 Å². The highest BCUT2D eigenvalue weighted by Gasteiger charge is 2.25. The molecule has 0 saturated carbocycles. The van der Waals surface area contributed by atoms with Crippen LogP contribution in [0.25, 0.3) is 11.0 Å². The molecule has 1 saturated heterocycles. The van der Waals surface area contributed by atoms with E-state index >= 15 is 0 Å². The van der Waals surface area contributed by atoms with E-state index in [9.17, 15) is 4.79 Å². The topological polar surface area (TPSA) is 85.9 Å². The van der Waals surface area contributed by atoms with Gasteiger partial charge in [0.15, 0.2) is 0 Å². The number of H-pyrrole nitrogens is 1. The molecule has 1 amide bonds. The largest absolute Gasteiger partial charge is 0.385 e. The van der Waals surface area contributed by atoms with Gasteiger partial charge in [-0.05, 0) is 31.2 Å². The molecule has 142 valence electrons. The van der Waals surface area contributed by atoms with Crippen molar-refractivity contribution in [2.24, 2.45) is 0 Å². The summed E-state index contributed by atoms with van der Waals surface area (Å²) in [6, 6.07) is 7.63. The monoisotopic (exact) mass is 406 g/mol. The molecule has 0 radical (unpaired) electrons. The lowest BCUT2D eigenvalue weighted by molar-refractivity contribution is -0.121. The van der Waals surface area contributed by atoms with Crippen LogP contribution in [0.4, 0.5) is 11.5 Å². The number of aromatic nitrogens is 3. The number of amides is 1. The lowest BCUT2D eigenvalue weighted by Crippen LogP contribution is -2.53. The molecule has 0 bridgehead atoms. The molecule has 1 aliphatic rings. The van der Waals surface area contributed by atoms with Crippen LogP contribution in [-0.4, -0.2) is 51.9 Å². The second kappa shape index (κ2) is 8.92. The van der Waals surface area contributed by atoms with Gasteiger partial charge < -0.3 is 20.5 Å². The summed E-state index contributed by atoms with van der Waals surface area (Å²) >= 11 is 11.5. The molecule has 7 nitrogen and oxygen atoms in total. The van der Waals surface area contributed by atoms with Gasteiger partial charge in [-0.1, -0.05) is 23.2 Å². The zero-order valence-electron chi connectivity index (χ0n) is 14.7. The van der Waals surface area contributed by atoms with Crippen molar-refractivity contribution >= 4 is 52.2 Å². The highest BCUT2D eigenvalue weighted by atomic mass is 35.5. The summed E-state index contributed by atoms with van der Waals surface area (Å²) in [5.41, 5.74) is 1.79. The van der Waals surface area contributed by atoms with Crippen LogP contribution in [0.1, 0.15) is 6.92 Å². The van der Waals surface area contributed by atoms with Crippen molar-refractivity contribution in [3.63, 3.8) is 0 Å². The highest BCUT2D eigenvalue weighted by molar-refractivity contribution is 6.35. The number of nitrogens with zero attached hydrogens (tertiary/aromatic N) is 3. The Balaban J connectivity index is 0.000000168. The summed E-state index contributed by atoms with van der Waals surface area (Å²) in [7, 11) is 0. The van der Waals surface area contributed by atoms with Gasteiger partial charge in [-0.3, -0.25) is 4.79 Å². The first-order valence-electron chi connectivity index (χ1n) is 8.53. The smallest absolute Gasteiger partial charge is 0.209 e. The average molecular weight is 407 g/mol. The second-order valence-corrected chi connectivity index (χ2v) is 6.92. The van der Waals surface area contributed by atoms with Gasteiger partial charge in [0.25, 0.3) is 0 Å². The summed E-state index contributed by atoms with van der Waals surface area (Å²) in [6.07, 6.45) is 4.23. The molecule has 3 aromatic rings. The maximum absolute atomic E-state index is 10.4. The third-order valence-electron chi connectivity index (χ3n) is 4.00. The first-order chi connectivity index (χ1) is 13.1. The van der Waals surface area contributed by atoms with E-state index in [1.54, 1.807) is 11.0 Å². The minimum atomic E-state index is 0.290. The molecule has 1 aliphatic heterocycles. The van der Waals surface area contributed by atoms with E-state index in [0.29, 0.717) is 16.1 Å². The van der Waals surface area contributed by atoms with Gasteiger partial charge in [-0.2, -0.15) is 0 Å². The van der Waals surface area contributed by atoms with E-state index in [2.05, 4.69) is 25.6 Å². The number of fused-ring (bicyclic) bond motifs is 1. The maximum atomic E-state index is 10.4. The molecule has 3 N–H and O–H groups in total. The molecule has 2 aromatic heterocycles. The number of halogens is 2. The van der Waals surface area contributed by atoms with Gasteiger partial charge >= 0.3 is 0 Å². The van der Waals surface area contributed by atoms with Crippen LogP contribution >= 0.6 is 23.2 Å². The summed E-state index contributed by atoms with van der Waals surface area (Å²) < 4.78 is 0. The molecule has 27 heavy (non-hydrogen) atoms. The van der Waals surface area contributed by atoms with Crippen LogP contribution < -0.4 is 10.6 Å². The molecule has 0 atom stereocenters. The summed E-state index contributed by atoms with van der Waals surface area (Å²) in [6.45, 7) is 4.37. The van der Waals surface area contributed by atoms with Crippen molar-refractivity contribution < 1.29 is 4.79 Å². The van der Waals surface area contributed by atoms with Crippen LogP contribution in [0.5, 0.6) is 0 Å². The number of likely N-dealkylation sites (tertiary alicyclic amines) is 1. The quantitative estimate of drug-likeness (QED) is 0.563. The number of aromatic amines is 1. The molecular weight excluding hydrogens is 387 g/mol. The summed E-state index contributed by atoms with van der Waals surface area (Å²) in [5.74, 6) is 0.821. The third-order valence-corrected chi connectivity index (χ3v) is 4.43. The molecule has 0 spiro atoms. The molecule has 4 rings (SSSR count). The summed E-state index contributed by atoms with van der Waals surface area (Å²) in [4.78, 5) is 23.5. The molecule has 9 heteroatoms.